The Morgan fingerprint density at radius 3 is 2.65 bits per heavy atom. The van der Waals surface area contributed by atoms with Crippen molar-refractivity contribution in [2.75, 3.05) is 0 Å². The summed E-state index contributed by atoms with van der Waals surface area (Å²) in [5.74, 6) is -1.65. The number of nitriles is 1. The molecule has 1 atom stereocenters. The maximum atomic E-state index is 12.6. The van der Waals surface area contributed by atoms with E-state index >= 15 is 0 Å². The van der Waals surface area contributed by atoms with E-state index in [1.54, 1.807) is 24.3 Å². The molecule has 0 fully saturated rings. The third kappa shape index (κ3) is 2.13. The van der Waals surface area contributed by atoms with Gasteiger partial charge < -0.3 is 19.3 Å². The van der Waals surface area contributed by atoms with E-state index in [0.29, 0.717) is 5.39 Å². The Labute approximate surface area is 144 Å². The van der Waals surface area contributed by atoms with Crippen LogP contribution in [0.25, 0.3) is 11.0 Å². The molecule has 3 aromatic rings. The summed E-state index contributed by atoms with van der Waals surface area (Å²) in [7, 11) is 0. The Morgan fingerprint density at radius 1 is 1.19 bits per heavy atom. The van der Waals surface area contributed by atoms with Gasteiger partial charge in [-0.1, -0.05) is 12.1 Å². The molecule has 128 valence electrons. The van der Waals surface area contributed by atoms with Gasteiger partial charge in [-0.05, 0) is 18.2 Å². The second kappa shape index (κ2) is 5.49. The predicted octanol–water partition coefficient (Wildman–Crippen LogP) is 2.51. The minimum Gasteiger partial charge on any atom is -0.439 e. The zero-order valence-electron chi connectivity index (χ0n) is 13.0. The number of benzene rings is 1. The van der Waals surface area contributed by atoms with Crippen LogP contribution in [0, 0.1) is 21.4 Å². The number of hydrogen-bond donors (Lipinski definition) is 1. The van der Waals surface area contributed by atoms with Gasteiger partial charge in [0.1, 0.15) is 27.9 Å². The van der Waals surface area contributed by atoms with Crippen molar-refractivity contribution in [2.24, 2.45) is 5.73 Å². The summed E-state index contributed by atoms with van der Waals surface area (Å²) >= 11 is 0. The fourth-order valence-electron chi connectivity index (χ4n) is 2.95. The van der Waals surface area contributed by atoms with E-state index in [1.807, 2.05) is 6.07 Å². The van der Waals surface area contributed by atoms with E-state index in [-0.39, 0.29) is 34.1 Å². The number of hydrogen-bond acceptors (Lipinski definition) is 8. The van der Waals surface area contributed by atoms with E-state index in [0.717, 1.165) is 6.07 Å². The first kappa shape index (κ1) is 15.5. The Morgan fingerprint density at radius 2 is 1.96 bits per heavy atom. The molecule has 0 saturated carbocycles. The second-order valence-corrected chi connectivity index (χ2v) is 5.49. The summed E-state index contributed by atoms with van der Waals surface area (Å²) in [6, 6.07) is 11.0. The molecule has 2 aromatic heterocycles. The fourth-order valence-corrected chi connectivity index (χ4v) is 2.95. The first-order valence-corrected chi connectivity index (χ1v) is 7.38. The number of para-hydroxylation sites is 1. The molecular weight excluding hydrogens is 342 g/mol. The van der Waals surface area contributed by atoms with E-state index in [2.05, 4.69) is 0 Å². The molecule has 3 heterocycles. The maximum Gasteiger partial charge on any atom is 0.433 e. The van der Waals surface area contributed by atoms with Gasteiger partial charge in [0.25, 0.3) is 0 Å². The highest BCUT2D eigenvalue weighted by Gasteiger charge is 2.38. The van der Waals surface area contributed by atoms with Crippen molar-refractivity contribution in [2.45, 2.75) is 5.92 Å². The van der Waals surface area contributed by atoms with Crippen molar-refractivity contribution in [3.63, 3.8) is 0 Å². The normalized spacial score (nSPS) is 16.0. The molecule has 1 aliphatic rings. The van der Waals surface area contributed by atoms with Crippen LogP contribution in [-0.4, -0.2) is 4.92 Å². The highest BCUT2D eigenvalue weighted by molar-refractivity contribution is 5.85. The molecule has 0 unspecified atom stereocenters. The third-order valence-corrected chi connectivity index (χ3v) is 4.05. The average Bonchev–Trinajstić information content (AvgIpc) is 3.11. The van der Waals surface area contributed by atoms with E-state index in [9.17, 15) is 20.2 Å². The van der Waals surface area contributed by atoms with Gasteiger partial charge in [0.15, 0.2) is 5.75 Å². The van der Waals surface area contributed by atoms with Crippen LogP contribution in [0.15, 0.2) is 61.5 Å². The lowest BCUT2D eigenvalue weighted by Gasteiger charge is -2.24. The lowest BCUT2D eigenvalue weighted by atomic mass is 9.87. The largest absolute Gasteiger partial charge is 0.439 e. The van der Waals surface area contributed by atoms with E-state index in [1.165, 1.54) is 6.07 Å². The van der Waals surface area contributed by atoms with Crippen LogP contribution in [0.1, 0.15) is 17.2 Å². The van der Waals surface area contributed by atoms with Crippen LogP contribution < -0.4 is 16.1 Å². The van der Waals surface area contributed by atoms with Crippen molar-refractivity contribution in [1.29, 1.82) is 5.26 Å². The Balaban J connectivity index is 2.05. The first-order chi connectivity index (χ1) is 12.5. The van der Waals surface area contributed by atoms with Crippen molar-refractivity contribution >= 4 is 16.9 Å². The number of nitrogens with two attached hydrogens (primary N) is 1. The molecule has 0 bridgehead atoms. The van der Waals surface area contributed by atoms with Crippen molar-refractivity contribution in [3.8, 4) is 11.8 Å². The average molecular weight is 351 g/mol. The monoisotopic (exact) mass is 351 g/mol. The molecule has 0 saturated heterocycles. The number of ether oxygens (including phenoxy) is 1. The van der Waals surface area contributed by atoms with Crippen LogP contribution in [0.2, 0.25) is 0 Å². The Bertz CT molecular complexity index is 1200. The second-order valence-electron chi connectivity index (χ2n) is 5.49. The van der Waals surface area contributed by atoms with Gasteiger partial charge in [0.2, 0.25) is 5.88 Å². The molecule has 0 amide bonds. The van der Waals surface area contributed by atoms with E-state index < -0.39 is 22.4 Å². The number of rotatable bonds is 2. The molecule has 0 aliphatic carbocycles. The van der Waals surface area contributed by atoms with Gasteiger partial charge in [-0.3, -0.25) is 10.1 Å². The summed E-state index contributed by atoms with van der Waals surface area (Å²) in [5.41, 5.74) is 5.31. The van der Waals surface area contributed by atoms with Crippen LogP contribution in [-0.2, 0) is 0 Å². The molecular formula is C17H9N3O6. The van der Waals surface area contributed by atoms with Crippen LogP contribution in [0.4, 0.5) is 5.88 Å². The lowest BCUT2D eigenvalue weighted by Crippen LogP contribution is -2.26. The Kier molecular flexibility index (Phi) is 3.27. The summed E-state index contributed by atoms with van der Waals surface area (Å²) in [6.07, 6.45) is 0. The fraction of sp³-hybridized carbons (Fsp3) is 0.0588. The van der Waals surface area contributed by atoms with Crippen LogP contribution in [0.3, 0.4) is 0 Å². The third-order valence-electron chi connectivity index (χ3n) is 4.05. The topological polar surface area (TPSA) is 146 Å². The highest BCUT2D eigenvalue weighted by atomic mass is 16.6. The molecule has 0 radical (unpaired) electrons. The van der Waals surface area contributed by atoms with Gasteiger partial charge in [0, 0.05) is 0 Å². The van der Waals surface area contributed by atoms with Crippen LogP contribution >= 0.6 is 0 Å². The summed E-state index contributed by atoms with van der Waals surface area (Å²) in [5, 5.41) is 20.8. The van der Waals surface area contributed by atoms with Gasteiger partial charge in [-0.25, -0.2) is 4.79 Å². The predicted molar refractivity (Wildman–Crippen MR) is 87.1 cm³/mol. The number of allylic oxidation sites excluding steroid dienone is 1. The van der Waals surface area contributed by atoms with Crippen molar-refractivity contribution in [3.05, 3.63) is 79.7 Å². The summed E-state index contributed by atoms with van der Waals surface area (Å²) in [4.78, 5) is 22.8. The molecule has 1 aromatic carbocycles. The molecule has 9 nitrogen and oxygen atoms in total. The van der Waals surface area contributed by atoms with Gasteiger partial charge >= 0.3 is 11.5 Å². The van der Waals surface area contributed by atoms with Gasteiger partial charge in [-0.15, -0.1) is 0 Å². The Hall–Kier alpha value is -4.06. The molecule has 9 heteroatoms. The molecule has 2 N–H and O–H groups in total. The summed E-state index contributed by atoms with van der Waals surface area (Å²) < 4.78 is 16.1. The minimum absolute atomic E-state index is 0.00121. The maximum absolute atomic E-state index is 12.6. The number of nitrogens with zero attached hydrogens (tertiary/aromatic N) is 2. The minimum atomic E-state index is -1.07. The zero-order chi connectivity index (χ0) is 18.4. The van der Waals surface area contributed by atoms with Crippen molar-refractivity contribution < 1.29 is 18.5 Å². The lowest BCUT2D eigenvalue weighted by molar-refractivity contribution is -0.402. The number of nitro groups is 1. The van der Waals surface area contributed by atoms with Gasteiger partial charge in [-0.2, -0.15) is 5.26 Å². The number of fused-ring (bicyclic) bond motifs is 3. The smallest absolute Gasteiger partial charge is 0.433 e. The molecule has 4 rings (SSSR count). The first-order valence-electron chi connectivity index (χ1n) is 7.38. The van der Waals surface area contributed by atoms with Crippen molar-refractivity contribution in [1.82, 2.24) is 0 Å². The standard InChI is InChI=1S/C17H9N3O6/c18-7-9-13(11-5-6-12(24-11)20(22)23)14-15(26-16(9)19)8-3-1-2-4-10(8)25-17(14)21/h1-6,13H,19H2/t13-/m1/s1. The SMILES string of the molecule is N#CC1=C(N)Oc2c(c(=O)oc3ccccc23)[C@H]1c1ccc([N+](=O)[O-])o1. The van der Waals surface area contributed by atoms with E-state index in [4.69, 9.17) is 19.3 Å². The van der Waals surface area contributed by atoms with Gasteiger partial charge in [0.05, 0.1) is 22.9 Å². The van der Waals surface area contributed by atoms with Crippen LogP contribution in [0.5, 0.6) is 5.75 Å². The zero-order valence-corrected chi connectivity index (χ0v) is 13.0. The quantitative estimate of drug-likeness (QED) is 0.421. The highest BCUT2D eigenvalue weighted by Crippen LogP contribution is 2.44. The molecule has 1 aliphatic heterocycles. The molecule has 0 spiro atoms. The summed E-state index contributed by atoms with van der Waals surface area (Å²) in [6.45, 7) is 0. The number of furan rings is 1. The molecule has 26 heavy (non-hydrogen) atoms.